The molecule has 1 unspecified atom stereocenters. The lowest BCUT2D eigenvalue weighted by Gasteiger charge is -2.26. The Bertz CT molecular complexity index is 696. The molecule has 0 saturated carbocycles. The summed E-state index contributed by atoms with van der Waals surface area (Å²) < 4.78 is 1.73. The van der Waals surface area contributed by atoms with Crippen LogP contribution >= 0.6 is 35.1 Å². The van der Waals surface area contributed by atoms with E-state index in [-0.39, 0.29) is 5.92 Å². The first kappa shape index (κ1) is 21.1. The van der Waals surface area contributed by atoms with Crippen LogP contribution in [0.3, 0.4) is 0 Å². The summed E-state index contributed by atoms with van der Waals surface area (Å²) in [5, 5.41) is 4.84. The highest BCUT2D eigenvalue weighted by molar-refractivity contribution is 7.98. The number of anilines is 1. The number of halogens is 1. The van der Waals surface area contributed by atoms with Gasteiger partial charge >= 0.3 is 0 Å². The van der Waals surface area contributed by atoms with Gasteiger partial charge in [-0.1, -0.05) is 11.6 Å². The Morgan fingerprint density at radius 1 is 1.38 bits per heavy atom. The molecule has 0 bridgehead atoms. The second-order valence-corrected chi connectivity index (χ2v) is 8.12. The quantitative estimate of drug-likeness (QED) is 0.555. The highest BCUT2D eigenvalue weighted by atomic mass is 35.5. The molecule has 1 atom stereocenters. The normalized spacial score (nSPS) is 12.2. The van der Waals surface area contributed by atoms with Crippen LogP contribution in [0.2, 0.25) is 5.15 Å². The zero-order valence-corrected chi connectivity index (χ0v) is 17.8. The van der Waals surface area contributed by atoms with Crippen molar-refractivity contribution in [2.24, 2.45) is 5.92 Å². The summed E-state index contributed by atoms with van der Waals surface area (Å²) in [6, 6.07) is 3.79. The molecule has 0 aliphatic carbocycles. The number of hydrogen-bond donors (Lipinski definition) is 0. The Hall–Kier alpha value is -1.18. The van der Waals surface area contributed by atoms with Crippen molar-refractivity contribution in [3.63, 3.8) is 0 Å². The molecule has 8 heteroatoms. The van der Waals surface area contributed by atoms with Crippen LogP contribution in [0.1, 0.15) is 13.3 Å². The van der Waals surface area contributed by atoms with E-state index in [4.69, 9.17) is 11.6 Å². The van der Waals surface area contributed by atoms with Crippen molar-refractivity contribution in [1.82, 2.24) is 14.8 Å². The Kier molecular flexibility index (Phi) is 8.81. The number of thioether (sulfide) groups is 2. The van der Waals surface area contributed by atoms with Gasteiger partial charge in [-0.2, -0.15) is 28.6 Å². The van der Waals surface area contributed by atoms with Crippen molar-refractivity contribution in [2.75, 3.05) is 42.0 Å². The predicted octanol–water partition coefficient (Wildman–Crippen LogP) is 4.05. The van der Waals surface area contributed by atoms with Crippen molar-refractivity contribution in [3.05, 3.63) is 35.9 Å². The Labute approximate surface area is 168 Å². The molecule has 0 amide bonds. The van der Waals surface area contributed by atoms with E-state index >= 15 is 0 Å². The topological polar surface area (TPSA) is 51.0 Å². The molecule has 2 aromatic rings. The van der Waals surface area contributed by atoms with Crippen LogP contribution in [-0.4, -0.2) is 57.7 Å². The molecule has 0 N–H and O–H groups in total. The van der Waals surface area contributed by atoms with E-state index in [9.17, 15) is 4.79 Å². The maximum Gasteiger partial charge on any atom is 0.174 e. The summed E-state index contributed by atoms with van der Waals surface area (Å²) in [7, 11) is 0. The van der Waals surface area contributed by atoms with Gasteiger partial charge < -0.3 is 4.90 Å². The molecule has 0 saturated heterocycles. The third-order valence-electron chi connectivity index (χ3n) is 4.10. The molecule has 0 radical (unpaired) electrons. The van der Waals surface area contributed by atoms with Gasteiger partial charge in [0, 0.05) is 37.4 Å². The van der Waals surface area contributed by atoms with Crippen LogP contribution < -0.4 is 4.90 Å². The zero-order chi connectivity index (χ0) is 18.9. The Balaban J connectivity index is 2.18. The van der Waals surface area contributed by atoms with Gasteiger partial charge in [0.25, 0.3) is 0 Å². The molecule has 2 heterocycles. The zero-order valence-electron chi connectivity index (χ0n) is 15.4. The van der Waals surface area contributed by atoms with Crippen LogP contribution in [0.4, 0.5) is 5.69 Å². The number of pyridine rings is 1. The van der Waals surface area contributed by atoms with Crippen molar-refractivity contribution in [1.29, 1.82) is 0 Å². The standard InChI is InChI=1S/C18H25ClN4OS2/c1-4-22(11-14(13-26-3)17(24)7-9-25-2)16-12-23(21-18(16)19)15-6-5-8-20-10-15/h5-6,8,10,12,14H,4,7,9,11,13H2,1-3H3. The molecule has 0 aromatic carbocycles. The number of Topliss-reactive ketones (excluding diaryl/α,β-unsaturated/α-hetero) is 1. The fourth-order valence-corrected chi connectivity index (χ4v) is 4.05. The summed E-state index contributed by atoms with van der Waals surface area (Å²) in [6.07, 6.45) is 10.1. The Morgan fingerprint density at radius 2 is 2.19 bits per heavy atom. The first-order chi connectivity index (χ1) is 12.6. The van der Waals surface area contributed by atoms with Crippen molar-refractivity contribution < 1.29 is 4.79 Å². The number of ketones is 1. The molecule has 2 rings (SSSR count). The number of hydrogen-bond acceptors (Lipinski definition) is 6. The maximum absolute atomic E-state index is 12.6. The highest BCUT2D eigenvalue weighted by Gasteiger charge is 2.23. The molecular formula is C18H25ClN4OS2. The molecule has 142 valence electrons. The summed E-state index contributed by atoms with van der Waals surface area (Å²) >= 11 is 9.82. The van der Waals surface area contributed by atoms with Gasteiger partial charge in [-0.25, -0.2) is 4.68 Å². The van der Waals surface area contributed by atoms with Gasteiger partial charge in [0.15, 0.2) is 5.15 Å². The molecule has 0 spiro atoms. The number of aromatic nitrogens is 3. The lowest BCUT2D eigenvalue weighted by atomic mass is 10.0. The van der Waals surface area contributed by atoms with E-state index in [0.29, 0.717) is 23.9 Å². The van der Waals surface area contributed by atoms with Gasteiger partial charge in [0.05, 0.1) is 23.8 Å². The fraction of sp³-hybridized carbons (Fsp3) is 0.500. The summed E-state index contributed by atoms with van der Waals surface area (Å²) in [5.74, 6) is 2.01. The van der Waals surface area contributed by atoms with E-state index in [1.807, 2.05) is 30.8 Å². The van der Waals surface area contributed by atoms with E-state index in [1.54, 1.807) is 40.6 Å². The molecular weight excluding hydrogens is 388 g/mol. The SMILES string of the molecule is CCN(CC(CSC)C(=O)CCSC)c1cn(-c2cccnc2)nc1Cl. The van der Waals surface area contributed by atoms with Crippen LogP contribution in [0.25, 0.3) is 5.69 Å². The van der Waals surface area contributed by atoms with E-state index in [0.717, 1.165) is 29.4 Å². The molecule has 5 nitrogen and oxygen atoms in total. The molecule has 0 fully saturated rings. The number of rotatable bonds is 11. The van der Waals surface area contributed by atoms with Gasteiger partial charge in [-0.15, -0.1) is 0 Å². The van der Waals surface area contributed by atoms with E-state index in [1.165, 1.54) is 0 Å². The summed E-state index contributed by atoms with van der Waals surface area (Å²) in [6.45, 7) is 3.49. The number of carbonyl (C=O) groups is 1. The summed E-state index contributed by atoms with van der Waals surface area (Å²) in [5.41, 5.74) is 1.70. The highest BCUT2D eigenvalue weighted by Crippen LogP contribution is 2.27. The smallest absolute Gasteiger partial charge is 0.174 e. The first-order valence-electron chi connectivity index (χ1n) is 8.51. The van der Waals surface area contributed by atoms with Crippen LogP contribution in [0.15, 0.2) is 30.7 Å². The molecule has 26 heavy (non-hydrogen) atoms. The van der Waals surface area contributed by atoms with Gasteiger partial charge in [-0.3, -0.25) is 9.78 Å². The molecule has 2 aromatic heterocycles. The predicted molar refractivity (Wildman–Crippen MR) is 114 cm³/mol. The van der Waals surface area contributed by atoms with Gasteiger partial charge in [-0.05, 0) is 37.3 Å². The minimum atomic E-state index is -0.00471. The van der Waals surface area contributed by atoms with Gasteiger partial charge in [0.1, 0.15) is 5.78 Å². The fourth-order valence-electron chi connectivity index (χ4n) is 2.70. The van der Waals surface area contributed by atoms with E-state index in [2.05, 4.69) is 21.9 Å². The van der Waals surface area contributed by atoms with Crippen LogP contribution in [-0.2, 0) is 4.79 Å². The molecule has 0 aliphatic rings. The largest absolute Gasteiger partial charge is 0.367 e. The van der Waals surface area contributed by atoms with E-state index < -0.39 is 0 Å². The number of carbonyl (C=O) groups excluding carboxylic acids is 1. The average Bonchev–Trinajstić information content (AvgIpc) is 3.05. The lowest BCUT2D eigenvalue weighted by molar-refractivity contribution is -0.121. The Morgan fingerprint density at radius 3 is 2.81 bits per heavy atom. The number of nitrogens with zero attached hydrogens (tertiary/aromatic N) is 4. The van der Waals surface area contributed by atoms with Crippen LogP contribution in [0, 0.1) is 5.92 Å². The van der Waals surface area contributed by atoms with Crippen molar-refractivity contribution in [2.45, 2.75) is 13.3 Å². The lowest BCUT2D eigenvalue weighted by Crippen LogP contribution is -2.34. The monoisotopic (exact) mass is 412 g/mol. The van der Waals surface area contributed by atoms with Crippen molar-refractivity contribution in [3.8, 4) is 5.69 Å². The van der Waals surface area contributed by atoms with Crippen LogP contribution in [0.5, 0.6) is 0 Å². The average molecular weight is 413 g/mol. The minimum absolute atomic E-state index is 0.00471. The second kappa shape index (κ2) is 10.8. The molecule has 0 aliphatic heterocycles. The van der Waals surface area contributed by atoms with Gasteiger partial charge in [0.2, 0.25) is 0 Å². The first-order valence-corrected chi connectivity index (χ1v) is 11.7. The second-order valence-electron chi connectivity index (χ2n) is 5.86. The maximum atomic E-state index is 12.6. The summed E-state index contributed by atoms with van der Waals surface area (Å²) in [4.78, 5) is 18.8. The third-order valence-corrected chi connectivity index (χ3v) is 5.72. The minimum Gasteiger partial charge on any atom is -0.367 e. The third kappa shape index (κ3) is 5.66. The van der Waals surface area contributed by atoms with Crippen molar-refractivity contribution >= 4 is 46.6 Å².